The van der Waals surface area contributed by atoms with Crippen molar-refractivity contribution in [3.63, 3.8) is 0 Å². The maximum atomic E-state index is 12.6. The summed E-state index contributed by atoms with van der Waals surface area (Å²) in [5, 5.41) is 3.46. The fourth-order valence-electron chi connectivity index (χ4n) is 3.52. The molecule has 116 valence electrons. The van der Waals surface area contributed by atoms with Gasteiger partial charge >= 0.3 is 0 Å². The van der Waals surface area contributed by atoms with Crippen molar-refractivity contribution in [3.8, 4) is 0 Å². The fourth-order valence-corrected chi connectivity index (χ4v) is 4.48. The van der Waals surface area contributed by atoms with Crippen molar-refractivity contribution in [2.24, 2.45) is 5.41 Å². The first-order valence-corrected chi connectivity index (χ1v) is 8.96. The molecule has 1 saturated heterocycles. The van der Waals surface area contributed by atoms with E-state index in [9.17, 15) is 4.21 Å². The van der Waals surface area contributed by atoms with Gasteiger partial charge in [-0.15, -0.1) is 0 Å². The summed E-state index contributed by atoms with van der Waals surface area (Å²) in [7, 11) is -0.997. The van der Waals surface area contributed by atoms with E-state index in [1.165, 1.54) is 36.8 Å². The van der Waals surface area contributed by atoms with Crippen LogP contribution in [0.2, 0.25) is 0 Å². The average Bonchev–Trinajstić information content (AvgIpc) is 2.68. The molecule has 1 aliphatic heterocycles. The molecule has 1 heterocycles. The largest absolute Gasteiger partial charge is 0.317 e. The minimum atomic E-state index is -0.997. The molecule has 1 unspecified atom stereocenters. The van der Waals surface area contributed by atoms with E-state index in [1.807, 2.05) is 20.8 Å². The van der Waals surface area contributed by atoms with Gasteiger partial charge in [-0.05, 0) is 78.8 Å². The Bertz CT molecular complexity index is 413. The molecular formula is C16H30N2OS. The maximum Gasteiger partial charge on any atom is 0.0976 e. The summed E-state index contributed by atoms with van der Waals surface area (Å²) < 4.78 is 15.9. The molecule has 2 rings (SSSR count). The summed E-state index contributed by atoms with van der Waals surface area (Å²) in [5.41, 5.74) is 3.23. The van der Waals surface area contributed by atoms with Gasteiger partial charge in [0.15, 0.2) is 0 Å². The zero-order valence-corrected chi connectivity index (χ0v) is 14.5. The highest BCUT2D eigenvalue weighted by molar-refractivity contribution is 7.84. The van der Waals surface area contributed by atoms with Crippen LogP contribution in [0.15, 0.2) is 11.1 Å². The van der Waals surface area contributed by atoms with Crippen molar-refractivity contribution in [3.05, 3.63) is 11.1 Å². The highest BCUT2D eigenvalue weighted by Crippen LogP contribution is 2.49. The number of rotatable bonds is 2. The van der Waals surface area contributed by atoms with Crippen molar-refractivity contribution < 1.29 is 4.21 Å². The van der Waals surface area contributed by atoms with E-state index < -0.39 is 11.0 Å². The van der Waals surface area contributed by atoms with Crippen LogP contribution < -0.4 is 10.0 Å². The van der Waals surface area contributed by atoms with Crippen LogP contribution in [0.3, 0.4) is 0 Å². The first-order chi connectivity index (χ1) is 9.26. The zero-order valence-electron chi connectivity index (χ0n) is 13.6. The lowest BCUT2D eigenvalue weighted by molar-refractivity contribution is 0.182. The molecule has 0 bridgehead atoms. The van der Waals surface area contributed by atoms with Crippen LogP contribution in [-0.4, -0.2) is 28.1 Å². The third kappa shape index (κ3) is 3.18. The van der Waals surface area contributed by atoms with Crippen LogP contribution in [0.1, 0.15) is 60.3 Å². The highest BCUT2D eigenvalue weighted by Gasteiger charge is 2.47. The second-order valence-electron chi connectivity index (χ2n) is 7.57. The summed E-state index contributed by atoms with van der Waals surface area (Å²) >= 11 is 0. The van der Waals surface area contributed by atoms with E-state index in [1.54, 1.807) is 0 Å². The topological polar surface area (TPSA) is 41.1 Å². The molecule has 2 fully saturated rings. The molecule has 0 aromatic rings. The SMILES string of the molecule is CC(C)=C1CCC2(CCNCC2)[C@@H]1NS(=O)C(C)(C)C. The van der Waals surface area contributed by atoms with Gasteiger partial charge in [0.25, 0.3) is 0 Å². The molecule has 2 atom stereocenters. The van der Waals surface area contributed by atoms with Crippen LogP contribution in [-0.2, 0) is 11.0 Å². The number of hydrogen-bond acceptors (Lipinski definition) is 2. The Morgan fingerprint density at radius 2 is 1.85 bits per heavy atom. The first kappa shape index (κ1) is 16.2. The lowest BCUT2D eigenvalue weighted by atomic mass is 9.74. The Balaban J connectivity index is 2.26. The number of nitrogens with one attached hydrogen (secondary N) is 2. The average molecular weight is 298 g/mol. The second-order valence-corrected chi connectivity index (χ2v) is 9.57. The van der Waals surface area contributed by atoms with Crippen molar-refractivity contribution in [1.82, 2.24) is 10.0 Å². The monoisotopic (exact) mass is 298 g/mol. The van der Waals surface area contributed by atoms with Crippen molar-refractivity contribution >= 4 is 11.0 Å². The van der Waals surface area contributed by atoms with Crippen LogP contribution >= 0.6 is 0 Å². The molecule has 1 spiro atoms. The second kappa shape index (κ2) is 5.90. The van der Waals surface area contributed by atoms with Crippen molar-refractivity contribution in [2.75, 3.05) is 13.1 Å². The Hall–Kier alpha value is -0.190. The minimum absolute atomic E-state index is 0.205. The summed E-state index contributed by atoms with van der Waals surface area (Å²) in [5.74, 6) is 0. The Kier molecular flexibility index (Phi) is 4.77. The van der Waals surface area contributed by atoms with Crippen LogP contribution in [0, 0.1) is 5.41 Å². The van der Waals surface area contributed by atoms with Crippen molar-refractivity contribution in [1.29, 1.82) is 0 Å². The standard InChI is InChI=1S/C16H30N2OS/c1-12(2)13-6-7-16(8-10-17-11-9-16)14(13)18-20(19)15(3,4)5/h14,17-18H,6-11H2,1-5H3/t14-,20?/m1/s1. The van der Waals surface area contributed by atoms with E-state index in [0.717, 1.165) is 13.1 Å². The highest BCUT2D eigenvalue weighted by atomic mass is 32.2. The van der Waals surface area contributed by atoms with Gasteiger partial charge < -0.3 is 5.32 Å². The van der Waals surface area contributed by atoms with E-state index in [4.69, 9.17) is 0 Å². The van der Waals surface area contributed by atoms with Gasteiger partial charge in [-0.3, -0.25) is 0 Å². The third-order valence-corrected chi connectivity index (χ3v) is 6.44. The Labute approximate surface area is 126 Å². The zero-order chi connectivity index (χ0) is 15.0. The Morgan fingerprint density at radius 1 is 1.25 bits per heavy atom. The third-order valence-electron chi connectivity index (χ3n) is 4.88. The van der Waals surface area contributed by atoms with Crippen molar-refractivity contribution in [2.45, 2.75) is 71.1 Å². The molecule has 0 radical (unpaired) electrons. The van der Waals surface area contributed by atoms with Crippen LogP contribution in [0.25, 0.3) is 0 Å². The quantitative estimate of drug-likeness (QED) is 0.770. The van der Waals surface area contributed by atoms with Gasteiger partial charge in [0.1, 0.15) is 0 Å². The molecule has 4 heteroatoms. The van der Waals surface area contributed by atoms with Gasteiger partial charge in [-0.1, -0.05) is 11.1 Å². The minimum Gasteiger partial charge on any atom is -0.317 e. The normalized spacial score (nSPS) is 27.9. The van der Waals surface area contributed by atoms with Gasteiger partial charge in [-0.25, -0.2) is 8.93 Å². The fraction of sp³-hybridized carbons (Fsp3) is 0.875. The molecule has 0 aromatic heterocycles. The molecule has 20 heavy (non-hydrogen) atoms. The van der Waals surface area contributed by atoms with E-state index in [-0.39, 0.29) is 4.75 Å². The maximum absolute atomic E-state index is 12.6. The molecule has 0 amide bonds. The molecule has 2 N–H and O–H groups in total. The van der Waals surface area contributed by atoms with Crippen LogP contribution in [0.4, 0.5) is 0 Å². The van der Waals surface area contributed by atoms with E-state index in [0.29, 0.717) is 11.5 Å². The predicted molar refractivity (Wildman–Crippen MR) is 87.0 cm³/mol. The number of allylic oxidation sites excluding steroid dienone is 1. The summed E-state index contributed by atoms with van der Waals surface area (Å²) in [4.78, 5) is 0. The van der Waals surface area contributed by atoms with Crippen LogP contribution in [0.5, 0.6) is 0 Å². The van der Waals surface area contributed by atoms with E-state index in [2.05, 4.69) is 23.9 Å². The predicted octanol–water partition coefficient (Wildman–Crippen LogP) is 2.91. The van der Waals surface area contributed by atoms with Gasteiger partial charge in [-0.2, -0.15) is 0 Å². The van der Waals surface area contributed by atoms with Gasteiger partial charge in [0.2, 0.25) is 0 Å². The molecule has 1 saturated carbocycles. The lowest BCUT2D eigenvalue weighted by Crippen LogP contribution is -2.51. The molecule has 3 nitrogen and oxygen atoms in total. The smallest absolute Gasteiger partial charge is 0.0976 e. The molecule has 2 aliphatic rings. The summed E-state index contributed by atoms with van der Waals surface area (Å²) in [6.45, 7) is 12.7. The number of hydrogen-bond donors (Lipinski definition) is 2. The van der Waals surface area contributed by atoms with Gasteiger partial charge in [0, 0.05) is 6.04 Å². The first-order valence-electron chi connectivity index (χ1n) is 7.81. The molecule has 0 aromatic carbocycles. The number of piperidine rings is 1. The molecule has 1 aliphatic carbocycles. The lowest BCUT2D eigenvalue weighted by Gasteiger charge is -2.40. The summed E-state index contributed by atoms with van der Waals surface area (Å²) in [6, 6.07) is 0.301. The summed E-state index contributed by atoms with van der Waals surface area (Å²) in [6.07, 6.45) is 4.81. The Morgan fingerprint density at radius 3 is 2.35 bits per heavy atom. The molecular weight excluding hydrogens is 268 g/mol. The van der Waals surface area contributed by atoms with Gasteiger partial charge in [0.05, 0.1) is 15.7 Å². The van der Waals surface area contributed by atoms with E-state index >= 15 is 0 Å².